The van der Waals surface area contributed by atoms with Crippen LogP contribution in [-0.4, -0.2) is 28.4 Å². The standard InChI is InChI=1S/C32H34O5/c1-33-28-7-5-6-24(20-28)10-11-26-15-19-30(35-3)32(22-26)37-27-16-12-23(13-17-27)8-9-25-14-18-29(34-2)31(21-25)36-4/h5-7,12-22H,8-11H2,1-4H3. The summed E-state index contributed by atoms with van der Waals surface area (Å²) < 4.78 is 27.9. The molecule has 0 aromatic heterocycles. The van der Waals surface area contributed by atoms with E-state index in [2.05, 4.69) is 42.5 Å². The van der Waals surface area contributed by atoms with Crippen LogP contribution in [0.25, 0.3) is 0 Å². The van der Waals surface area contributed by atoms with E-state index in [4.69, 9.17) is 23.7 Å². The molecule has 0 aliphatic rings. The van der Waals surface area contributed by atoms with Crippen LogP contribution in [0.3, 0.4) is 0 Å². The smallest absolute Gasteiger partial charge is 0.169 e. The monoisotopic (exact) mass is 498 g/mol. The van der Waals surface area contributed by atoms with E-state index in [0.717, 1.165) is 48.7 Å². The van der Waals surface area contributed by atoms with Crippen molar-refractivity contribution in [1.29, 1.82) is 0 Å². The van der Waals surface area contributed by atoms with Crippen LogP contribution in [0.1, 0.15) is 22.3 Å². The normalized spacial score (nSPS) is 10.6. The molecule has 0 bridgehead atoms. The summed E-state index contributed by atoms with van der Waals surface area (Å²) in [5.74, 6) is 4.57. The average molecular weight is 499 g/mol. The minimum Gasteiger partial charge on any atom is -0.497 e. The second-order valence-electron chi connectivity index (χ2n) is 8.77. The lowest BCUT2D eigenvalue weighted by molar-refractivity contribution is 0.354. The summed E-state index contributed by atoms with van der Waals surface area (Å²) in [6.07, 6.45) is 3.63. The van der Waals surface area contributed by atoms with Crippen molar-refractivity contribution in [3.8, 4) is 34.5 Å². The molecule has 0 radical (unpaired) electrons. The van der Waals surface area contributed by atoms with Gasteiger partial charge in [0.25, 0.3) is 0 Å². The summed E-state index contributed by atoms with van der Waals surface area (Å²) in [4.78, 5) is 0. The van der Waals surface area contributed by atoms with Crippen molar-refractivity contribution in [2.45, 2.75) is 25.7 Å². The molecule has 5 heteroatoms. The summed E-state index contributed by atoms with van der Waals surface area (Å²) in [5.41, 5.74) is 4.86. The Bertz CT molecular complexity index is 1300. The molecular weight excluding hydrogens is 464 g/mol. The lowest BCUT2D eigenvalue weighted by atomic mass is 10.0. The number of methoxy groups -OCH3 is 4. The summed E-state index contributed by atoms with van der Waals surface area (Å²) in [5, 5.41) is 0. The molecule has 4 aromatic carbocycles. The fourth-order valence-corrected chi connectivity index (χ4v) is 4.25. The van der Waals surface area contributed by atoms with Gasteiger partial charge in [0.15, 0.2) is 23.0 Å². The van der Waals surface area contributed by atoms with Gasteiger partial charge in [0, 0.05) is 0 Å². The Balaban J connectivity index is 1.38. The van der Waals surface area contributed by atoms with Crippen molar-refractivity contribution >= 4 is 0 Å². The Labute approximate surface area is 219 Å². The third-order valence-corrected chi connectivity index (χ3v) is 6.37. The number of benzene rings is 4. The van der Waals surface area contributed by atoms with Crippen molar-refractivity contribution < 1.29 is 23.7 Å². The molecule has 0 aliphatic heterocycles. The van der Waals surface area contributed by atoms with Crippen LogP contribution in [0.5, 0.6) is 34.5 Å². The lowest BCUT2D eigenvalue weighted by Gasteiger charge is -2.13. The highest BCUT2D eigenvalue weighted by atomic mass is 16.5. The first-order valence-electron chi connectivity index (χ1n) is 12.4. The van der Waals surface area contributed by atoms with Crippen molar-refractivity contribution in [2.24, 2.45) is 0 Å². The number of rotatable bonds is 12. The second kappa shape index (κ2) is 12.7. The summed E-state index contributed by atoms with van der Waals surface area (Å²) >= 11 is 0. The Hall–Kier alpha value is -4.12. The van der Waals surface area contributed by atoms with Gasteiger partial charge in [-0.1, -0.05) is 36.4 Å². The van der Waals surface area contributed by atoms with Crippen LogP contribution >= 0.6 is 0 Å². The first-order valence-corrected chi connectivity index (χ1v) is 12.4. The van der Waals surface area contributed by atoms with E-state index in [1.54, 1.807) is 28.4 Å². The molecule has 0 heterocycles. The topological polar surface area (TPSA) is 46.2 Å². The van der Waals surface area contributed by atoms with Crippen LogP contribution in [0, 0.1) is 0 Å². The predicted octanol–water partition coefficient (Wildman–Crippen LogP) is 7.08. The molecule has 4 aromatic rings. The van der Waals surface area contributed by atoms with Gasteiger partial charge >= 0.3 is 0 Å². The van der Waals surface area contributed by atoms with E-state index in [1.165, 1.54) is 22.3 Å². The average Bonchev–Trinajstić information content (AvgIpc) is 2.95. The van der Waals surface area contributed by atoms with Gasteiger partial charge in [-0.25, -0.2) is 0 Å². The molecule has 0 unspecified atom stereocenters. The molecule has 37 heavy (non-hydrogen) atoms. The first-order chi connectivity index (χ1) is 18.1. The van der Waals surface area contributed by atoms with Gasteiger partial charge in [-0.2, -0.15) is 0 Å². The maximum absolute atomic E-state index is 6.23. The van der Waals surface area contributed by atoms with Crippen molar-refractivity contribution in [3.05, 3.63) is 107 Å². The van der Waals surface area contributed by atoms with Gasteiger partial charge in [0.2, 0.25) is 0 Å². The molecule has 0 aliphatic carbocycles. The summed E-state index contributed by atoms with van der Waals surface area (Å²) in [7, 11) is 6.66. The fraction of sp³-hybridized carbons (Fsp3) is 0.250. The van der Waals surface area contributed by atoms with Gasteiger partial charge in [0.05, 0.1) is 28.4 Å². The Kier molecular flexibility index (Phi) is 8.93. The van der Waals surface area contributed by atoms with Gasteiger partial charge in [-0.15, -0.1) is 0 Å². The molecule has 0 atom stereocenters. The second-order valence-corrected chi connectivity index (χ2v) is 8.77. The number of aryl methyl sites for hydroxylation is 4. The lowest BCUT2D eigenvalue weighted by Crippen LogP contribution is -1.96. The van der Waals surface area contributed by atoms with E-state index >= 15 is 0 Å². The first kappa shape index (κ1) is 26.0. The molecule has 0 fully saturated rings. The maximum atomic E-state index is 6.23. The highest BCUT2D eigenvalue weighted by Gasteiger charge is 2.09. The zero-order chi connectivity index (χ0) is 26.0. The molecular formula is C32H34O5. The van der Waals surface area contributed by atoms with Gasteiger partial charge < -0.3 is 23.7 Å². The van der Waals surface area contributed by atoms with Crippen LogP contribution < -0.4 is 23.7 Å². The molecule has 0 N–H and O–H groups in total. The largest absolute Gasteiger partial charge is 0.497 e. The van der Waals surface area contributed by atoms with Crippen LogP contribution in [0.15, 0.2) is 84.9 Å². The quantitative estimate of drug-likeness (QED) is 0.209. The third kappa shape index (κ3) is 6.98. The van der Waals surface area contributed by atoms with E-state index in [0.29, 0.717) is 11.5 Å². The molecule has 192 valence electrons. The minimum atomic E-state index is 0.711. The molecule has 0 spiro atoms. The zero-order valence-electron chi connectivity index (χ0n) is 22.0. The summed E-state index contributed by atoms with van der Waals surface area (Å²) in [6, 6.07) is 28.6. The van der Waals surface area contributed by atoms with Gasteiger partial charge in [0.1, 0.15) is 11.5 Å². The highest BCUT2D eigenvalue weighted by molar-refractivity contribution is 5.46. The summed E-state index contributed by atoms with van der Waals surface area (Å²) in [6.45, 7) is 0. The van der Waals surface area contributed by atoms with Gasteiger partial charge in [-0.05, 0) is 96.5 Å². The van der Waals surface area contributed by atoms with Crippen LogP contribution in [-0.2, 0) is 25.7 Å². The predicted molar refractivity (Wildman–Crippen MR) is 147 cm³/mol. The van der Waals surface area contributed by atoms with E-state index < -0.39 is 0 Å². The molecule has 0 saturated heterocycles. The maximum Gasteiger partial charge on any atom is 0.169 e. The van der Waals surface area contributed by atoms with Crippen molar-refractivity contribution in [2.75, 3.05) is 28.4 Å². The fourth-order valence-electron chi connectivity index (χ4n) is 4.25. The Morgan fingerprint density at radius 3 is 1.51 bits per heavy atom. The molecule has 0 saturated carbocycles. The van der Waals surface area contributed by atoms with E-state index in [-0.39, 0.29) is 0 Å². The number of hydrogen-bond acceptors (Lipinski definition) is 5. The van der Waals surface area contributed by atoms with Gasteiger partial charge in [-0.3, -0.25) is 0 Å². The highest BCUT2D eigenvalue weighted by Crippen LogP contribution is 2.33. The van der Waals surface area contributed by atoms with Crippen LogP contribution in [0.4, 0.5) is 0 Å². The number of ether oxygens (including phenoxy) is 5. The van der Waals surface area contributed by atoms with E-state index in [1.807, 2.05) is 42.5 Å². The molecule has 5 nitrogen and oxygen atoms in total. The Morgan fingerprint density at radius 2 is 0.919 bits per heavy atom. The SMILES string of the molecule is COc1cccc(CCc2ccc(OC)c(Oc3ccc(CCc4ccc(OC)c(OC)c4)cc3)c2)c1. The minimum absolute atomic E-state index is 0.711. The van der Waals surface area contributed by atoms with Crippen molar-refractivity contribution in [3.63, 3.8) is 0 Å². The third-order valence-electron chi connectivity index (χ3n) is 6.37. The Morgan fingerprint density at radius 1 is 0.405 bits per heavy atom. The molecule has 0 amide bonds. The zero-order valence-corrected chi connectivity index (χ0v) is 22.0. The van der Waals surface area contributed by atoms with E-state index in [9.17, 15) is 0 Å². The van der Waals surface area contributed by atoms with Crippen molar-refractivity contribution in [1.82, 2.24) is 0 Å². The number of hydrogen-bond donors (Lipinski definition) is 0. The van der Waals surface area contributed by atoms with Crippen LogP contribution in [0.2, 0.25) is 0 Å². The molecule has 4 rings (SSSR count).